The van der Waals surface area contributed by atoms with Gasteiger partial charge < -0.3 is 5.11 Å². The van der Waals surface area contributed by atoms with Crippen molar-refractivity contribution in [3.8, 4) is 0 Å². The largest absolute Gasteiger partial charge is 0.393 e. The minimum Gasteiger partial charge on any atom is -0.393 e. The molecule has 92 valence electrons. The predicted octanol–water partition coefficient (Wildman–Crippen LogP) is 0.157. The van der Waals surface area contributed by atoms with Crippen molar-refractivity contribution in [3.05, 3.63) is 11.9 Å². The number of sulfonamides is 1. The molecule has 1 rings (SSSR count). The molecule has 0 saturated carbocycles. The van der Waals surface area contributed by atoms with Crippen LogP contribution in [0.2, 0.25) is 0 Å². The quantitative estimate of drug-likeness (QED) is 0.624. The van der Waals surface area contributed by atoms with Gasteiger partial charge in [-0.25, -0.2) is 13.1 Å². The Bertz CT molecular complexity index is 425. The molecule has 0 fully saturated rings. The number of aryl methyl sites for hydroxylation is 1. The van der Waals surface area contributed by atoms with Gasteiger partial charge in [0.2, 0.25) is 10.0 Å². The summed E-state index contributed by atoms with van der Waals surface area (Å²) < 4.78 is 25.9. The van der Waals surface area contributed by atoms with Gasteiger partial charge in [-0.05, 0) is 26.7 Å². The monoisotopic (exact) mass is 247 g/mol. The molecule has 0 amide bonds. The molecule has 6 nitrogen and oxygen atoms in total. The fourth-order valence-electron chi connectivity index (χ4n) is 1.29. The van der Waals surface area contributed by atoms with Crippen molar-refractivity contribution in [2.75, 3.05) is 6.54 Å². The lowest BCUT2D eigenvalue weighted by atomic mass is 10.2. The fourth-order valence-corrected chi connectivity index (χ4v) is 2.50. The molecule has 1 heterocycles. The van der Waals surface area contributed by atoms with Gasteiger partial charge in [0, 0.05) is 6.54 Å². The zero-order chi connectivity index (χ0) is 12.2. The molecule has 0 bridgehead atoms. The zero-order valence-electron chi connectivity index (χ0n) is 9.40. The number of rotatable bonds is 6. The van der Waals surface area contributed by atoms with E-state index in [0.717, 1.165) is 0 Å². The van der Waals surface area contributed by atoms with Crippen LogP contribution in [0.25, 0.3) is 0 Å². The van der Waals surface area contributed by atoms with Crippen LogP contribution in [0.1, 0.15) is 25.5 Å². The maximum absolute atomic E-state index is 11.7. The first-order chi connectivity index (χ1) is 7.43. The number of aliphatic hydroxyl groups excluding tert-OH is 1. The van der Waals surface area contributed by atoms with Crippen LogP contribution in [0.3, 0.4) is 0 Å². The molecule has 0 aliphatic carbocycles. The van der Waals surface area contributed by atoms with Gasteiger partial charge in [0.25, 0.3) is 0 Å². The summed E-state index contributed by atoms with van der Waals surface area (Å²) >= 11 is 0. The van der Waals surface area contributed by atoms with E-state index in [0.29, 0.717) is 25.1 Å². The summed E-state index contributed by atoms with van der Waals surface area (Å²) in [5, 5.41) is 15.3. The van der Waals surface area contributed by atoms with E-state index in [2.05, 4.69) is 14.9 Å². The van der Waals surface area contributed by atoms with E-state index in [4.69, 9.17) is 5.11 Å². The number of aromatic amines is 1. The Hall–Kier alpha value is -0.920. The first-order valence-electron chi connectivity index (χ1n) is 5.11. The molecule has 0 aliphatic rings. The molecule has 3 N–H and O–H groups in total. The maximum atomic E-state index is 11.7. The molecule has 1 unspecified atom stereocenters. The maximum Gasteiger partial charge on any atom is 0.243 e. The van der Waals surface area contributed by atoms with E-state index in [-0.39, 0.29) is 4.90 Å². The van der Waals surface area contributed by atoms with Gasteiger partial charge in [0.05, 0.1) is 18.0 Å². The highest BCUT2D eigenvalue weighted by Gasteiger charge is 2.17. The number of nitrogens with zero attached hydrogens (tertiary/aromatic N) is 1. The van der Waals surface area contributed by atoms with E-state index < -0.39 is 16.1 Å². The van der Waals surface area contributed by atoms with E-state index in [9.17, 15) is 8.42 Å². The molecule has 1 aromatic heterocycles. The average Bonchev–Trinajstić information content (AvgIpc) is 2.59. The molecule has 0 saturated heterocycles. The normalized spacial score (nSPS) is 13.9. The summed E-state index contributed by atoms with van der Waals surface area (Å²) in [6.45, 7) is 3.64. The summed E-state index contributed by atoms with van der Waals surface area (Å²) in [6, 6.07) is 0. The van der Waals surface area contributed by atoms with Crippen LogP contribution < -0.4 is 4.72 Å². The highest BCUT2D eigenvalue weighted by atomic mass is 32.2. The molecule has 1 aromatic rings. The highest BCUT2D eigenvalue weighted by molar-refractivity contribution is 7.89. The van der Waals surface area contributed by atoms with Crippen molar-refractivity contribution >= 4 is 10.0 Å². The molecule has 7 heteroatoms. The van der Waals surface area contributed by atoms with Gasteiger partial charge >= 0.3 is 0 Å². The standard InChI is InChI=1S/C9H17N3O3S/c1-7(13)4-3-5-11-16(14,15)9-6-10-12-8(9)2/h6-7,11,13H,3-5H2,1-2H3,(H,10,12). The predicted molar refractivity (Wildman–Crippen MR) is 59.4 cm³/mol. The van der Waals surface area contributed by atoms with E-state index in [1.165, 1.54) is 6.20 Å². The van der Waals surface area contributed by atoms with Crippen molar-refractivity contribution in [2.45, 2.75) is 37.7 Å². The lowest BCUT2D eigenvalue weighted by Crippen LogP contribution is -2.25. The van der Waals surface area contributed by atoms with Crippen molar-refractivity contribution in [2.24, 2.45) is 0 Å². The van der Waals surface area contributed by atoms with Crippen molar-refractivity contribution in [1.82, 2.24) is 14.9 Å². The number of hydrogen-bond donors (Lipinski definition) is 3. The van der Waals surface area contributed by atoms with Crippen LogP contribution in [0.5, 0.6) is 0 Å². The molecular weight excluding hydrogens is 230 g/mol. The topological polar surface area (TPSA) is 95.1 Å². The Morgan fingerprint density at radius 3 is 2.81 bits per heavy atom. The number of H-pyrrole nitrogens is 1. The summed E-state index contributed by atoms with van der Waals surface area (Å²) in [5.41, 5.74) is 0.517. The Balaban J connectivity index is 2.51. The van der Waals surface area contributed by atoms with Crippen LogP contribution in [-0.4, -0.2) is 36.4 Å². The second-order valence-electron chi connectivity index (χ2n) is 3.75. The molecule has 0 spiro atoms. The lowest BCUT2D eigenvalue weighted by molar-refractivity contribution is 0.182. The highest BCUT2D eigenvalue weighted by Crippen LogP contribution is 2.10. The smallest absolute Gasteiger partial charge is 0.243 e. The van der Waals surface area contributed by atoms with E-state index in [1.807, 2.05) is 0 Å². The van der Waals surface area contributed by atoms with E-state index in [1.54, 1.807) is 13.8 Å². The van der Waals surface area contributed by atoms with Crippen molar-refractivity contribution in [1.29, 1.82) is 0 Å². The minimum atomic E-state index is -3.47. The van der Waals surface area contributed by atoms with Gasteiger partial charge in [-0.1, -0.05) is 0 Å². The zero-order valence-corrected chi connectivity index (χ0v) is 10.2. The first-order valence-corrected chi connectivity index (χ1v) is 6.59. The van der Waals surface area contributed by atoms with Gasteiger partial charge in [-0.2, -0.15) is 5.10 Å². The molecule has 0 aromatic carbocycles. The summed E-state index contributed by atoms with van der Waals surface area (Å²) in [7, 11) is -3.47. The van der Waals surface area contributed by atoms with Gasteiger partial charge in [-0.15, -0.1) is 0 Å². The summed E-state index contributed by atoms with van der Waals surface area (Å²) in [4.78, 5) is 0.171. The Morgan fingerprint density at radius 1 is 1.62 bits per heavy atom. The Labute approximate surface area is 95.1 Å². The molecule has 0 aliphatic heterocycles. The molecule has 1 atom stereocenters. The van der Waals surface area contributed by atoms with Crippen LogP contribution in [0.15, 0.2) is 11.1 Å². The van der Waals surface area contributed by atoms with Crippen LogP contribution >= 0.6 is 0 Å². The van der Waals surface area contributed by atoms with Gasteiger partial charge in [-0.3, -0.25) is 5.10 Å². The second-order valence-corrected chi connectivity index (χ2v) is 5.48. The minimum absolute atomic E-state index is 0.171. The van der Waals surface area contributed by atoms with Crippen LogP contribution in [0.4, 0.5) is 0 Å². The number of aliphatic hydroxyl groups is 1. The third kappa shape index (κ3) is 3.58. The first kappa shape index (κ1) is 13.1. The third-order valence-corrected chi connectivity index (χ3v) is 3.74. The van der Waals surface area contributed by atoms with Gasteiger partial charge in [0.15, 0.2) is 0 Å². The SMILES string of the molecule is Cc1[nH]ncc1S(=O)(=O)NCCCC(C)O. The summed E-state index contributed by atoms with van der Waals surface area (Å²) in [5.74, 6) is 0. The molecule has 0 radical (unpaired) electrons. The van der Waals surface area contributed by atoms with Gasteiger partial charge in [0.1, 0.15) is 4.90 Å². The average molecular weight is 247 g/mol. The van der Waals surface area contributed by atoms with Crippen molar-refractivity contribution in [3.63, 3.8) is 0 Å². The van der Waals surface area contributed by atoms with Crippen LogP contribution in [-0.2, 0) is 10.0 Å². The van der Waals surface area contributed by atoms with Crippen LogP contribution in [0, 0.1) is 6.92 Å². The van der Waals surface area contributed by atoms with E-state index >= 15 is 0 Å². The second kappa shape index (κ2) is 5.42. The Morgan fingerprint density at radius 2 is 2.31 bits per heavy atom. The molecular formula is C9H17N3O3S. The lowest BCUT2D eigenvalue weighted by Gasteiger charge is -2.06. The summed E-state index contributed by atoms with van der Waals surface area (Å²) in [6.07, 6.45) is 2.06. The number of hydrogen-bond acceptors (Lipinski definition) is 4. The molecule has 16 heavy (non-hydrogen) atoms. The third-order valence-electron chi connectivity index (χ3n) is 2.16. The number of aromatic nitrogens is 2. The number of nitrogens with one attached hydrogen (secondary N) is 2. The fraction of sp³-hybridized carbons (Fsp3) is 0.667. The van der Waals surface area contributed by atoms with Crippen molar-refractivity contribution < 1.29 is 13.5 Å². The Kier molecular flexibility index (Phi) is 4.45.